The molecule has 2 saturated carbocycles. The number of carbonyl (C=O) groups is 1. The van der Waals surface area contributed by atoms with Gasteiger partial charge in [-0.1, -0.05) is 29.8 Å². The van der Waals surface area contributed by atoms with E-state index in [9.17, 15) is 13.2 Å². The molecule has 27 heavy (non-hydrogen) atoms. The Bertz CT molecular complexity index is 785. The molecule has 2 aliphatic rings. The fourth-order valence-electron chi connectivity index (χ4n) is 4.69. The summed E-state index contributed by atoms with van der Waals surface area (Å²) in [5.41, 5.74) is 1.04. The topological polar surface area (TPSA) is 83.5 Å². The molecule has 0 heterocycles. The molecule has 0 aromatic heterocycles. The first-order valence-corrected chi connectivity index (χ1v) is 11.3. The first-order valence-electron chi connectivity index (χ1n) is 9.81. The lowest BCUT2D eigenvalue weighted by molar-refractivity contribution is -0.137. The number of hydrogen-bond acceptors (Lipinski definition) is 3. The molecule has 2 bridgehead atoms. The highest BCUT2D eigenvalue weighted by Gasteiger charge is 2.46. The monoisotopic (exact) mass is 391 g/mol. The van der Waals surface area contributed by atoms with E-state index < -0.39 is 16.0 Å². The number of aliphatic carboxylic acids is 1. The van der Waals surface area contributed by atoms with Crippen molar-refractivity contribution in [1.82, 2.24) is 4.72 Å². The Morgan fingerprint density at radius 3 is 2.63 bits per heavy atom. The van der Waals surface area contributed by atoms with E-state index in [0.29, 0.717) is 41.5 Å². The van der Waals surface area contributed by atoms with Crippen molar-refractivity contribution in [1.29, 1.82) is 0 Å². The van der Waals surface area contributed by atoms with Crippen LogP contribution in [0.15, 0.2) is 41.3 Å². The van der Waals surface area contributed by atoms with E-state index in [0.717, 1.165) is 12.0 Å². The van der Waals surface area contributed by atoms with Crippen LogP contribution in [0.2, 0.25) is 0 Å². The van der Waals surface area contributed by atoms with E-state index in [1.165, 1.54) is 19.3 Å². The van der Waals surface area contributed by atoms with Gasteiger partial charge in [0.2, 0.25) is 10.0 Å². The zero-order chi connectivity index (χ0) is 19.4. The van der Waals surface area contributed by atoms with Crippen LogP contribution in [-0.2, 0) is 14.8 Å². The van der Waals surface area contributed by atoms with Gasteiger partial charge in [0.05, 0.1) is 4.90 Å². The van der Waals surface area contributed by atoms with Gasteiger partial charge < -0.3 is 5.11 Å². The fraction of sp³-hybridized carbons (Fsp3) is 0.571. The van der Waals surface area contributed by atoms with Gasteiger partial charge in [-0.3, -0.25) is 4.79 Å². The molecular formula is C21H29NO4S. The van der Waals surface area contributed by atoms with Crippen LogP contribution in [0.1, 0.15) is 44.1 Å². The van der Waals surface area contributed by atoms with Gasteiger partial charge in [0.15, 0.2) is 0 Å². The Balaban J connectivity index is 1.59. The number of carboxylic acid groups (broad SMARTS) is 1. The summed E-state index contributed by atoms with van der Waals surface area (Å²) < 4.78 is 28.0. The molecule has 2 N–H and O–H groups in total. The molecule has 4 atom stereocenters. The highest BCUT2D eigenvalue weighted by Crippen LogP contribution is 2.52. The van der Waals surface area contributed by atoms with Crippen LogP contribution in [0.3, 0.4) is 0 Å². The molecule has 6 heteroatoms. The molecule has 3 rings (SSSR count). The quantitative estimate of drug-likeness (QED) is 0.496. The molecule has 0 amide bonds. The minimum Gasteiger partial charge on any atom is -0.481 e. The highest BCUT2D eigenvalue weighted by molar-refractivity contribution is 7.89. The molecule has 1 aromatic rings. The molecule has 1 aromatic carbocycles. The van der Waals surface area contributed by atoms with Gasteiger partial charge in [-0.2, -0.15) is 0 Å². The largest absolute Gasteiger partial charge is 0.481 e. The number of rotatable bonds is 9. The maximum absolute atomic E-state index is 12.6. The van der Waals surface area contributed by atoms with Crippen molar-refractivity contribution in [2.24, 2.45) is 23.7 Å². The van der Waals surface area contributed by atoms with Gasteiger partial charge in [-0.15, -0.1) is 0 Å². The average Bonchev–Trinajstić information content (AvgIpc) is 3.21. The molecule has 5 nitrogen and oxygen atoms in total. The number of hydrogen-bond donors (Lipinski definition) is 2. The summed E-state index contributed by atoms with van der Waals surface area (Å²) in [6, 6.07) is 6.93. The van der Waals surface area contributed by atoms with Crippen molar-refractivity contribution in [3.63, 3.8) is 0 Å². The van der Waals surface area contributed by atoms with Crippen molar-refractivity contribution in [3.8, 4) is 0 Å². The minimum absolute atomic E-state index is 0.195. The van der Waals surface area contributed by atoms with Gasteiger partial charge in [-0.25, -0.2) is 13.1 Å². The summed E-state index contributed by atoms with van der Waals surface area (Å²) in [4.78, 5) is 10.9. The molecule has 0 saturated heterocycles. The van der Waals surface area contributed by atoms with E-state index in [1.54, 1.807) is 12.1 Å². The SMILES string of the molecule is Cc1ccc(S(=O)(=O)NC[C@@H]2[C@@H]3CC[C@@H](C3)[C@@H]2/C=C\CCCC(=O)O)cc1. The zero-order valence-corrected chi connectivity index (χ0v) is 16.6. The Labute approximate surface area is 161 Å². The van der Waals surface area contributed by atoms with Crippen molar-refractivity contribution in [3.05, 3.63) is 42.0 Å². The second-order valence-electron chi connectivity index (χ2n) is 7.95. The van der Waals surface area contributed by atoms with Gasteiger partial charge in [-0.05, 0) is 74.8 Å². The molecule has 148 valence electrons. The average molecular weight is 392 g/mol. The minimum atomic E-state index is -3.48. The lowest BCUT2D eigenvalue weighted by atomic mass is 9.79. The molecule has 2 aliphatic carbocycles. The molecule has 2 fully saturated rings. The van der Waals surface area contributed by atoms with E-state index >= 15 is 0 Å². The highest BCUT2D eigenvalue weighted by atomic mass is 32.2. The fourth-order valence-corrected chi connectivity index (χ4v) is 5.76. The van der Waals surface area contributed by atoms with E-state index in [2.05, 4.69) is 16.9 Å². The van der Waals surface area contributed by atoms with Crippen molar-refractivity contribution < 1.29 is 18.3 Å². The zero-order valence-electron chi connectivity index (χ0n) is 15.8. The standard InChI is InChI=1S/C21H29NO4S/c1-15-7-11-18(12-8-15)27(25,26)22-14-20-17-10-9-16(13-17)19(20)5-3-2-4-6-21(23)24/h3,5,7-8,11-12,16-17,19-20,22H,2,4,6,9-10,13-14H2,1H3,(H,23,24)/b5-3-/t16-,17+,19-,20+/m0/s1. The third-order valence-corrected chi connectivity index (χ3v) is 7.56. The van der Waals surface area contributed by atoms with E-state index in [4.69, 9.17) is 5.11 Å². The summed E-state index contributed by atoms with van der Waals surface area (Å²) in [6.07, 6.45) is 9.51. The number of fused-ring (bicyclic) bond motifs is 2. The Kier molecular flexibility index (Phi) is 6.37. The Morgan fingerprint density at radius 2 is 1.93 bits per heavy atom. The number of carboxylic acids is 1. The molecule has 0 unspecified atom stereocenters. The Hall–Kier alpha value is -1.66. The molecular weight excluding hydrogens is 362 g/mol. The second kappa shape index (κ2) is 8.57. The maximum atomic E-state index is 12.6. The third-order valence-electron chi connectivity index (χ3n) is 6.12. The van der Waals surface area contributed by atoms with E-state index in [1.807, 2.05) is 19.1 Å². The van der Waals surface area contributed by atoms with Crippen molar-refractivity contribution >= 4 is 16.0 Å². The van der Waals surface area contributed by atoms with Crippen LogP contribution in [0.4, 0.5) is 0 Å². The van der Waals surface area contributed by atoms with Crippen LogP contribution in [0.5, 0.6) is 0 Å². The van der Waals surface area contributed by atoms with Crippen molar-refractivity contribution in [2.45, 2.75) is 50.3 Å². The molecule has 0 aliphatic heterocycles. The lowest BCUT2D eigenvalue weighted by Crippen LogP contribution is -2.35. The summed E-state index contributed by atoms with van der Waals surface area (Å²) in [6.45, 7) is 2.41. The second-order valence-corrected chi connectivity index (χ2v) is 9.72. The number of nitrogens with one attached hydrogen (secondary N) is 1. The number of allylic oxidation sites excluding steroid dienone is 2. The number of unbranched alkanes of at least 4 members (excludes halogenated alkanes) is 1. The maximum Gasteiger partial charge on any atom is 0.303 e. The van der Waals surface area contributed by atoms with Crippen LogP contribution in [0, 0.1) is 30.6 Å². The number of aryl methyl sites for hydroxylation is 1. The summed E-state index contributed by atoms with van der Waals surface area (Å²) >= 11 is 0. The van der Waals surface area contributed by atoms with Crippen LogP contribution in [0.25, 0.3) is 0 Å². The number of sulfonamides is 1. The molecule has 0 radical (unpaired) electrons. The third kappa shape index (κ3) is 4.99. The summed E-state index contributed by atoms with van der Waals surface area (Å²) in [5, 5.41) is 8.72. The predicted octanol–water partition coefficient (Wildman–Crippen LogP) is 3.75. The molecule has 0 spiro atoms. The lowest BCUT2D eigenvalue weighted by Gasteiger charge is -2.29. The van der Waals surface area contributed by atoms with Gasteiger partial charge >= 0.3 is 5.97 Å². The Morgan fingerprint density at radius 1 is 1.22 bits per heavy atom. The summed E-state index contributed by atoms with van der Waals surface area (Å²) in [7, 11) is -3.48. The van der Waals surface area contributed by atoms with Gasteiger partial charge in [0.1, 0.15) is 0 Å². The van der Waals surface area contributed by atoms with Crippen LogP contribution in [-0.4, -0.2) is 26.0 Å². The van der Waals surface area contributed by atoms with Gasteiger partial charge in [0.25, 0.3) is 0 Å². The smallest absolute Gasteiger partial charge is 0.303 e. The normalized spacial score (nSPS) is 27.4. The van der Waals surface area contributed by atoms with E-state index in [-0.39, 0.29) is 6.42 Å². The van der Waals surface area contributed by atoms with Crippen LogP contribution >= 0.6 is 0 Å². The summed E-state index contributed by atoms with van der Waals surface area (Å²) in [5.74, 6) is 1.20. The first kappa shape index (κ1) is 20.1. The van der Waals surface area contributed by atoms with Crippen molar-refractivity contribution in [2.75, 3.05) is 6.54 Å². The predicted molar refractivity (Wildman–Crippen MR) is 105 cm³/mol. The first-order chi connectivity index (χ1) is 12.9. The van der Waals surface area contributed by atoms with Crippen LogP contribution < -0.4 is 4.72 Å². The van der Waals surface area contributed by atoms with Gasteiger partial charge in [0, 0.05) is 13.0 Å². The number of benzene rings is 1.